The number of benzene rings is 2. The summed E-state index contributed by atoms with van der Waals surface area (Å²) in [7, 11) is 0. The van der Waals surface area contributed by atoms with Crippen LogP contribution in [0.4, 0.5) is 10.1 Å². The van der Waals surface area contributed by atoms with E-state index in [4.69, 9.17) is 10.1 Å². The van der Waals surface area contributed by atoms with Gasteiger partial charge in [-0.3, -0.25) is 5.41 Å². The second-order valence-electron chi connectivity index (χ2n) is 5.90. The largest absolute Gasteiger partial charge is 0.509 e. The zero-order valence-electron chi connectivity index (χ0n) is 14.1. The van der Waals surface area contributed by atoms with Gasteiger partial charge in [0.05, 0.1) is 35.4 Å². The van der Waals surface area contributed by atoms with Gasteiger partial charge in [0.1, 0.15) is 29.0 Å². The van der Waals surface area contributed by atoms with Crippen LogP contribution in [0.1, 0.15) is 12.7 Å². The smallest absolute Gasteiger partial charge is 0.145 e. The summed E-state index contributed by atoms with van der Waals surface area (Å²) in [5.74, 6) is 0.736. The minimum atomic E-state index is -0.375. The van der Waals surface area contributed by atoms with Gasteiger partial charge in [0, 0.05) is 0 Å². The van der Waals surface area contributed by atoms with Crippen molar-refractivity contribution in [1.29, 1.82) is 5.41 Å². The molecule has 1 aliphatic rings. The summed E-state index contributed by atoms with van der Waals surface area (Å²) in [5, 5.41) is 19.0. The normalized spacial score (nSPS) is 14.5. The topological polar surface area (TPSA) is 85.2 Å². The Hall–Kier alpha value is -3.35. The first kappa shape index (κ1) is 16.1. The molecule has 0 fully saturated rings. The van der Waals surface area contributed by atoms with Gasteiger partial charge in [-0.25, -0.2) is 9.37 Å². The van der Waals surface area contributed by atoms with Crippen LogP contribution in [0.3, 0.4) is 0 Å². The van der Waals surface area contributed by atoms with Crippen LogP contribution in [-0.4, -0.2) is 34.1 Å². The van der Waals surface area contributed by atoms with E-state index < -0.39 is 0 Å². The second kappa shape index (κ2) is 6.18. The maximum Gasteiger partial charge on any atom is 0.145 e. The molecule has 0 saturated carbocycles. The van der Waals surface area contributed by atoms with Crippen molar-refractivity contribution in [2.45, 2.75) is 6.92 Å². The zero-order valence-corrected chi connectivity index (χ0v) is 14.1. The number of aromatic amines is 1. The third-order valence-electron chi connectivity index (χ3n) is 4.24. The van der Waals surface area contributed by atoms with Crippen LogP contribution in [-0.2, 0) is 0 Å². The molecule has 0 saturated heterocycles. The summed E-state index contributed by atoms with van der Waals surface area (Å²) >= 11 is 0. The Balaban J connectivity index is 1.72. The Bertz CT molecular complexity index is 1040. The number of anilines is 1. The molecule has 0 atom stereocenters. The van der Waals surface area contributed by atoms with Crippen molar-refractivity contribution in [3.8, 4) is 5.75 Å². The number of nitrogens with zero attached hydrogens (tertiary/aromatic N) is 2. The fourth-order valence-electron chi connectivity index (χ4n) is 3.09. The number of aliphatic hydroxyl groups is 1. The average Bonchev–Trinajstić information content (AvgIpc) is 3.15. The minimum Gasteiger partial charge on any atom is -0.509 e. The lowest BCUT2D eigenvalue weighted by Gasteiger charge is -2.21. The van der Waals surface area contributed by atoms with Crippen LogP contribution in [0.2, 0.25) is 0 Å². The summed E-state index contributed by atoms with van der Waals surface area (Å²) in [6.45, 7) is 2.53. The van der Waals surface area contributed by atoms with Gasteiger partial charge in [0.15, 0.2) is 0 Å². The molecule has 3 N–H and O–H groups in total. The van der Waals surface area contributed by atoms with Crippen LogP contribution in [0.5, 0.6) is 5.75 Å². The summed E-state index contributed by atoms with van der Waals surface area (Å²) in [6, 6.07) is 11.6. The lowest BCUT2D eigenvalue weighted by molar-refractivity contribution is 0.341. The first-order valence-corrected chi connectivity index (χ1v) is 8.24. The molecular weight excluding hydrogens is 335 g/mol. The lowest BCUT2D eigenvalue weighted by Crippen LogP contribution is -2.26. The van der Waals surface area contributed by atoms with Crippen molar-refractivity contribution in [3.05, 3.63) is 59.9 Å². The molecule has 0 spiro atoms. The van der Waals surface area contributed by atoms with E-state index in [2.05, 4.69) is 9.97 Å². The lowest BCUT2D eigenvalue weighted by atomic mass is 10.2. The monoisotopic (exact) mass is 352 g/mol. The first-order valence-electron chi connectivity index (χ1n) is 8.24. The number of ether oxygens (including phenoxy) is 1. The van der Waals surface area contributed by atoms with E-state index in [-0.39, 0.29) is 24.0 Å². The van der Waals surface area contributed by atoms with Crippen molar-refractivity contribution in [2.24, 2.45) is 0 Å². The predicted octanol–water partition coefficient (Wildman–Crippen LogP) is 3.87. The van der Waals surface area contributed by atoms with E-state index in [0.29, 0.717) is 40.5 Å². The Morgan fingerprint density at radius 3 is 2.92 bits per heavy atom. The molecule has 2 aromatic carbocycles. The fraction of sp³-hybridized carbons (Fsp3) is 0.158. The van der Waals surface area contributed by atoms with Gasteiger partial charge in [-0.2, -0.15) is 0 Å². The molecule has 7 heteroatoms. The summed E-state index contributed by atoms with van der Waals surface area (Å²) in [4.78, 5) is 9.02. The Kier molecular flexibility index (Phi) is 3.84. The molecule has 0 amide bonds. The average molecular weight is 352 g/mol. The number of nitrogens with one attached hydrogen (secondary N) is 2. The summed E-state index contributed by atoms with van der Waals surface area (Å²) in [5.41, 5.74) is 2.08. The van der Waals surface area contributed by atoms with E-state index in [1.807, 2.05) is 31.2 Å². The number of imidazole rings is 1. The number of fused-ring (bicyclic) bond motifs is 1. The molecule has 2 heterocycles. The number of amidine groups is 1. The van der Waals surface area contributed by atoms with Crippen molar-refractivity contribution in [1.82, 2.24) is 9.97 Å². The quantitative estimate of drug-likeness (QED) is 0.665. The molecule has 1 aliphatic heterocycles. The molecule has 0 radical (unpaired) electrons. The zero-order chi connectivity index (χ0) is 18.3. The number of para-hydroxylation sites is 2. The Labute approximate surface area is 149 Å². The number of aliphatic hydroxyl groups excluding tert-OH is 1. The summed E-state index contributed by atoms with van der Waals surface area (Å²) < 4.78 is 19.0. The van der Waals surface area contributed by atoms with E-state index in [0.717, 1.165) is 0 Å². The highest BCUT2D eigenvalue weighted by Gasteiger charge is 2.32. The number of aromatic nitrogens is 2. The SMILES string of the molecule is CCOc1ccccc1N1CC(O)=C(c2nc3ccc(F)cc3[nH]2)C1=N. The third-order valence-corrected chi connectivity index (χ3v) is 4.24. The van der Waals surface area contributed by atoms with E-state index in [9.17, 15) is 9.50 Å². The third kappa shape index (κ3) is 2.57. The van der Waals surface area contributed by atoms with E-state index in [1.165, 1.54) is 12.1 Å². The van der Waals surface area contributed by atoms with Crippen molar-refractivity contribution in [3.63, 3.8) is 0 Å². The highest BCUT2D eigenvalue weighted by molar-refractivity contribution is 6.30. The van der Waals surface area contributed by atoms with Crippen molar-refractivity contribution >= 4 is 28.1 Å². The number of hydrogen-bond acceptors (Lipinski definition) is 4. The van der Waals surface area contributed by atoms with Crippen LogP contribution in [0, 0.1) is 11.2 Å². The molecule has 0 unspecified atom stereocenters. The van der Waals surface area contributed by atoms with Crippen LogP contribution < -0.4 is 9.64 Å². The number of halogens is 1. The van der Waals surface area contributed by atoms with Crippen LogP contribution >= 0.6 is 0 Å². The molecule has 1 aromatic heterocycles. The molecule has 0 bridgehead atoms. The van der Waals surface area contributed by atoms with Gasteiger partial charge < -0.3 is 19.7 Å². The van der Waals surface area contributed by atoms with E-state index in [1.54, 1.807) is 11.0 Å². The predicted molar refractivity (Wildman–Crippen MR) is 98.3 cm³/mol. The number of rotatable bonds is 4. The molecule has 4 rings (SSSR count). The number of hydrogen-bond donors (Lipinski definition) is 3. The maximum absolute atomic E-state index is 13.4. The molecule has 26 heavy (non-hydrogen) atoms. The van der Waals surface area contributed by atoms with Gasteiger partial charge >= 0.3 is 0 Å². The van der Waals surface area contributed by atoms with Crippen molar-refractivity contribution < 1.29 is 14.2 Å². The van der Waals surface area contributed by atoms with Crippen molar-refractivity contribution in [2.75, 3.05) is 18.1 Å². The minimum absolute atomic E-state index is 0.0285. The molecule has 3 aromatic rings. The molecule has 6 nitrogen and oxygen atoms in total. The highest BCUT2D eigenvalue weighted by Crippen LogP contribution is 2.35. The summed E-state index contributed by atoms with van der Waals surface area (Å²) in [6.07, 6.45) is 0. The maximum atomic E-state index is 13.4. The highest BCUT2D eigenvalue weighted by atomic mass is 19.1. The molecule has 0 aliphatic carbocycles. The number of H-pyrrole nitrogens is 1. The van der Waals surface area contributed by atoms with Gasteiger partial charge in [0.2, 0.25) is 0 Å². The fourth-order valence-corrected chi connectivity index (χ4v) is 3.09. The first-order chi connectivity index (χ1) is 12.6. The van der Waals surface area contributed by atoms with E-state index >= 15 is 0 Å². The second-order valence-corrected chi connectivity index (χ2v) is 5.90. The van der Waals surface area contributed by atoms with Gasteiger partial charge in [-0.15, -0.1) is 0 Å². The standard InChI is InChI=1S/C19H17FN4O2/c1-2-26-16-6-4-3-5-14(16)24-10-15(25)17(18(24)21)19-22-12-8-7-11(20)9-13(12)23-19/h3-9,21,25H,2,10H2,1H3,(H,22,23). The Morgan fingerprint density at radius 1 is 1.31 bits per heavy atom. The van der Waals surface area contributed by atoms with Gasteiger partial charge in [-0.05, 0) is 37.3 Å². The molecule has 132 valence electrons. The molecular formula is C19H17FN4O2. The van der Waals surface area contributed by atoms with Crippen LogP contribution in [0.25, 0.3) is 16.6 Å². The van der Waals surface area contributed by atoms with Gasteiger partial charge in [-0.1, -0.05) is 12.1 Å². The van der Waals surface area contributed by atoms with Crippen LogP contribution in [0.15, 0.2) is 48.2 Å². The van der Waals surface area contributed by atoms with Gasteiger partial charge in [0.25, 0.3) is 0 Å². The Morgan fingerprint density at radius 2 is 2.12 bits per heavy atom.